The third kappa shape index (κ3) is 3.22. The van der Waals surface area contributed by atoms with E-state index in [0.29, 0.717) is 6.10 Å². The first kappa shape index (κ1) is 15.7. The Morgan fingerprint density at radius 1 is 0.826 bits per heavy atom. The van der Waals surface area contributed by atoms with Gasteiger partial charge in [-0.25, -0.2) is 0 Å². The molecule has 4 rings (SSSR count). The lowest BCUT2D eigenvalue weighted by Crippen LogP contribution is -2.36. The molecule has 1 aromatic carbocycles. The molecule has 0 N–H and O–H groups in total. The molecule has 0 saturated heterocycles. The standard InChI is InChI=1S/C22H32O/c1-15-3-4-17-12-18(6-5-16(17)11-15)19-7-8-21-14-22(23-2)10-9-20(21)13-19/h3-4,11,18-22H,5-10,12-14H2,1-2H3/t18?,19?,20-,21?,22-/m1/s1. The quantitative estimate of drug-likeness (QED) is 0.717. The molecule has 2 fully saturated rings. The van der Waals surface area contributed by atoms with Crippen LogP contribution in [0.1, 0.15) is 61.6 Å². The van der Waals surface area contributed by atoms with Crippen LogP contribution in [0.5, 0.6) is 0 Å². The van der Waals surface area contributed by atoms with E-state index in [4.69, 9.17) is 4.74 Å². The first-order valence-electron chi connectivity index (χ1n) is 9.84. The van der Waals surface area contributed by atoms with Crippen molar-refractivity contribution in [3.63, 3.8) is 0 Å². The van der Waals surface area contributed by atoms with Gasteiger partial charge in [-0.05, 0) is 99.5 Å². The fourth-order valence-corrected chi connectivity index (χ4v) is 5.84. The molecule has 0 aliphatic heterocycles. The van der Waals surface area contributed by atoms with E-state index in [1.807, 2.05) is 7.11 Å². The molecule has 1 aromatic rings. The Balaban J connectivity index is 1.40. The van der Waals surface area contributed by atoms with Gasteiger partial charge in [-0.2, -0.15) is 0 Å². The van der Waals surface area contributed by atoms with Crippen LogP contribution < -0.4 is 0 Å². The minimum Gasteiger partial charge on any atom is -0.381 e. The molecular formula is C22H32O. The third-order valence-corrected chi connectivity index (χ3v) is 7.23. The lowest BCUT2D eigenvalue weighted by atomic mass is 9.62. The van der Waals surface area contributed by atoms with Gasteiger partial charge in [-0.15, -0.1) is 0 Å². The van der Waals surface area contributed by atoms with Crippen LogP contribution in [0.4, 0.5) is 0 Å². The van der Waals surface area contributed by atoms with E-state index >= 15 is 0 Å². The highest BCUT2D eigenvalue weighted by molar-refractivity contribution is 5.33. The van der Waals surface area contributed by atoms with Gasteiger partial charge in [0.15, 0.2) is 0 Å². The summed E-state index contributed by atoms with van der Waals surface area (Å²) in [5, 5.41) is 0. The van der Waals surface area contributed by atoms with E-state index in [0.717, 1.165) is 23.7 Å². The van der Waals surface area contributed by atoms with Gasteiger partial charge in [0.05, 0.1) is 6.10 Å². The number of aryl methyl sites for hydroxylation is 2. The third-order valence-electron chi connectivity index (χ3n) is 7.23. The SMILES string of the molecule is CO[C@@H]1CC[C@@H]2CC(C3CCc4cc(C)ccc4C3)CCC2C1. The lowest BCUT2D eigenvalue weighted by Gasteiger charge is -2.44. The predicted molar refractivity (Wildman–Crippen MR) is 95.7 cm³/mol. The van der Waals surface area contributed by atoms with E-state index in [1.165, 1.54) is 63.4 Å². The minimum atomic E-state index is 0.553. The average Bonchev–Trinajstić information content (AvgIpc) is 2.60. The molecule has 1 heteroatoms. The van der Waals surface area contributed by atoms with Crippen molar-refractivity contribution in [3.8, 4) is 0 Å². The Morgan fingerprint density at radius 2 is 1.57 bits per heavy atom. The first-order valence-corrected chi connectivity index (χ1v) is 9.84. The smallest absolute Gasteiger partial charge is 0.0574 e. The molecule has 0 heterocycles. The van der Waals surface area contributed by atoms with Crippen molar-refractivity contribution in [2.24, 2.45) is 23.7 Å². The van der Waals surface area contributed by atoms with Crippen molar-refractivity contribution in [1.82, 2.24) is 0 Å². The predicted octanol–water partition coefficient (Wildman–Crippen LogP) is 5.33. The Morgan fingerprint density at radius 3 is 2.39 bits per heavy atom. The van der Waals surface area contributed by atoms with Crippen molar-refractivity contribution in [2.45, 2.75) is 70.8 Å². The van der Waals surface area contributed by atoms with Crippen LogP contribution in [0.15, 0.2) is 18.2 Å². The number of ether oxygens (including phenoxy) is 1. The number of methoxy groups -OCH3 is 1. The van der Waals surface area contributed by atoms with Crippen LogP contribution in [0.2, 0.25) is 0 Å². The van der Waals surface area contributed by atoms with Crippen LogP contribution in [0.25, 0.3) is 0 Å². The van der Waals surface area contributed by atoms with Gasteiger partial charge in [0.25, 0.3) is 0 Å². The summed E-state index contributed by atoms with van der Waals surface area (Å²) in [5.74, 6) is 3.90. The van der Waals surface area contributed by atoms with Crippen LogP contribution in [-0.2, 0) is 17.6 Å². The minimum absolute atomic E-state index is 0.553. The van der Waals surface area contributed by atoms with Crippen molar-refractivity contribution in [3.05, 3.63) is 34.9 Å². The van der Waals surface area contributed by atoms with Gasteiger partial charge in [0.1, 0.15) is 0 Å². The molecule has 5 atom stereocenters. The van der Waals surface area contributed by atoms with Gasteiger partial charge in [-0.1, -0.05) is 23.8 Å². The van der Waals surface area contributed by atoms with Crippen molar-refractivity contribution < 1.29 is 4.74 Å². The summed E-state index contributed by atoms with van der Waals surface area (Å²) in [6.07, 6.45) is 13.1. The van der Waals surface area contributed by atoms with Crippen LogP contribution >= 0.6 is 0 Å². The molecule has 0 spiro atoms. The molecule has 0 bridgehead atoms. The number of hydrogen-bond acceptors (Lipinski definition) is 1. The van der Waals surface area contributed by atoms with Gasteiger partial charge >= 0.3 is 0 Å². The summed E-state index contributed by atoms with van der Waals surface area (Å²) in [6.45, 7) is 2.23. The summed E-state index contributed by atoms with van der Waals surface area (Å²) in [5.41, 5.74) is 4.71. The molecule has 0 amide bonds. The van der Waals surface area contributed by atoms with Gasteiger partial charge in [0, 0.05) is 7.11 Å². The largest absolute Gasteiger partial charge is 0.381 e. The first-order chi connectivity index (χ1) is 11.2. The van der Waals surface area contributed by atoms with Crippen LogP contribution in [-0.4, -0.2) is 13.2 Å². The zero-order chi connectivity index (χ0) is 15.8. The fourth-order valence-electron chi connectivity index (χ4n) is 5.84. The maximum atomic E-state index is 5.63. The summed E-state index contributed by atoms with van der Waals surface area (Å²) < 4.78 is 5.63. The summed E-state index contributed by atoms with van der Waals surface area (Å²) >= 11 is 0. The van der Waals surface area contributed by atoms with E-state index in [1.54, 1.807) is 11.1 Å². The summed E-state index contributed by atoms with van der Waals surface area (Å²) in [6, 6.07) is 7.14. The number of rotatable bonds is 2. The molecule has 3 aliphatic carbocycles. The Bertz CT molecular complexity index is 549. The maximum Gasteiger partial charge on any atom is 0.0574 e. The molecule has 3 unspecified atom stereocenters. The highest BCUT2D eigenvalue weighted by Gasteiger charge is 2.38. The van der Waals surface area contributed by atoms with Gasteiger partial charge < -0.3 is 4.74 Å². The Labute approximate surface area is 141 Å². The summed E-state index contributed by atoms with van der Waals surface area (Å²) in [7, 11) is 1.90. The average molecular weight is 312 g/mol. The van der Waals surface area contributed by atoms with Crippen LogP contribution in [0.3, 0.4) is 0 Å². The lowest BCUT2D eigenvalue weighted by molar-refractivity contribution is -0.000899. The van der Waals surface area contributed by atoms with Crippen molar-refractivity contribution in [2.75, 3.05) is 7.11 Å². The number of fused-ring (bicyclic) bond motifs is 2. The second-order valence-electron chi connectivity index (χ2n) is 8.54. The molecule has 126 valence electrons. The topological polar surface area (TPSA) is 9.23 Å². The van der Waals surface area contributed by atoms with Crippen molar-refractivity contribution >= 4 is 0 Å². The van der Waals surface area contributed by atoms with Crippen LogP contribution in [0, 0.1) is 30.6 Å². The molecule has 23 heavy (non-hydrogen) atoms. The Kier molecular flexibility index (Phi) is 4.50. The summed E-state index contributed by atoms with van der Waals surface area (Å²) in [4.78, 5) is 0. The maximum absolute atomic E-state index is 5.63. The number of hydrogen-bond donors (Lipinski definition) is 0. The molecule has 0 aromatic heterocycles. The van der Waals surface area contributed by atoms with Crippen molar-refractivity contribution in [1.29, 1.82) is 0 Å². The molecule has 3 aliphatic rings. The zero-order valence-corrected chi connectivity index (χ0v) is 14.9. The second kappa shape index (κ2) is 6.59. The van der Waals surface area contributed by atoms with E-state index in [-0.39, 0.29) is 0 Å². The second-order valence-corrected chi connectivity index (χ2v) is 8.54. The molecular weight excluding hydrogens is 280 g/mol. The number of benzene rings is 1. The van der Waals surface area contributed by atoms with Gasteiger partial charge in [0.2, 0.25) is 0 Å². The normalized spacial score (nSPS) is 37.0. The molecule has 1 nitrogen and oxygen atoms in total. The van der Waals surface area contributed by atoms with Gasteiger partial charge in [-0.3, -0.25) is 0 Å². The highest BCUT2D eigenvalue weighted by atomic mass is 16.5. The van der Waals surface area contributed by atoms with E-state index in [2.05, 4.69) is 25.1 Å². The fraction of sp³-hybridized carbons (Fsp3) is 0.727. The Hall–Kier alpha value is -0.820. The molecule has 0 radical (unpaired) electrons. The zero-order valence-electron chi connectivity index (χ0n) is 14.9. The van der Waals surface area contributed by atoms with E-state index < -0.39 is 0 Å². The molecule has 2 saturated carbocycles. The highest BCUT2D eigenvalue weighted by Crippen LogP contribution is 2.47. The monoisotopic (exact) mass is 312 g/mol. The van der Waals surface area contributed by atoms with E-state index in [9.17, 15) is 0 Å².